The highest BCUT2D eigenvalue weighted by Gasteiger charge is 2.24. The molecule has 0 aliphatic carbocycles. The van der Waals surface area contributed by atoms with Crippen LogP contribution in [0, 0.1) is 5.41 Å². The summed E-state index contributed by atoms with van der Waals surface area (Å²) >= 11 is 0. The van der Waals surface area contributed by atoms with Gasteiger partial charge in [-0.3, -0.25) is 0 Å². The van der Waals surface area contributed by atoms with Gasteiger partial charge in [0.15, 0.2) is 0 Å². The molecule has 0 heterocycles. The molecular weight excluding hydrogens is 202 g/mol. The second-order valence-electron chi connectivity index (χ2n) is 5.17. The van der Waals surface area contributed by atoms with Crippen molar-refractivity contribution in [2.75, 3.05) is 5.32 Å². The largest absolute Gasteiger partial charge is 0.480 e. The summed E-state index contributed by atoms with van der Waals surface area (Å²) in [6, 6.07) is 8.89. The van der Waals surface area contributed by atoms with Crippen molar-refractivity contribution in [1.29, 1.82) is 0 Å². The van der Waals surface area contributed by atoms with Crippen LogP contribution in [0.25, 0.3) is 0 Å². The minimum atomic E-state index is -0.807. The zero-order chi connectivity index (χ0) is 12.2. The average molecular weight is 221 g/mol. The van der Waals surface area contributed by atoms with E-state index in [9.17, 15) is 4.79 Å². The van der Waals surface area contributed by atoms with Gasteiger partial charge in [-0.05, 0) is 24.0 Å². The first-order valence-electron chi connectivity index (χ1n) is 5.43. The van der Waals surface area contributed by atoms with E-state index in [-0.39, 0.29) is 5.41 Å². The lowest BCUT2D eigenvalue weighted by atomic mass is 9.88. The van der Waals surface area contributed by atoms with Gasteiger partial charge in [0.05, 0.1) is 0 Å². The van der Waals surface area contributed by atoms with Crippen molar-refractivity contribution < 1.29 is 9.90 Å². The van der Waals surface area contributed by atoms with E-state index >= 15 is 0 Å². The van der Waals surface area contributed by atoms with E-state index in [0.717, 1.165) is 5.69 Å². The van der Waals surface area contributed by atoms with E-state index < -0.39 is 12.0 Å². The van der Waals surface area contributed by atoms with Crippen molar-refractivity contribution in [1.82, 2.24) is 0 Å². The highest BCUT2D eigenvalue weighted by molar-refractivity contribution is 5.77. The Hall–Kier alpha value is -1.51. The van der Waals surface area contributed by atoms with Gasteiger partial charge in [0.2, 0.25) is 0 Å². The molecule has 1 aromatic carbocycles. The maximum Gasteiger partial charge on any atom is 0.326 e. The molecule has 2 N–H and O–H groups in total. The van der Waals surface area contributed by atoms with Gasteiger partial charge in [0, 0.05) is 5.69 Å². The van der Waals surface area contributed by atoms with Gasteiger partial charge in [0.25, 0.3) is 0 Å². The van der Waals surface area contributed by atoms with Crippen LogP contribution in [0.2, 0.25) is 0 Å². The molecule has 3 nitrogen and oxygen atoms in total. The Morgan fingerprint density at radius 3 is 2.31 bits per heavy atom. The standard InChI is InChI=1S/C13H19NO2/c1-13(2,3)9-11(12(15)16)14-10-7-5-4-6-8-10/h4-8,11,14H,9H2,1-3H3,(H,15,16)/t11-/m0/s1. The van der Waals surface area contributed by atoms with E-state index in [0.29, 0.717) is 6.42 Å². The summed E-state index contributed by atoms with van der Waals surface area (Å²) in [6.07, 6.45) is 0.594. The van der Waals surface area contributed by atoms with Crippen molar-refractivity contribution in [3.05, 3.63) is 30.3 Å². The Kier molecular flexibility index (Phi) is 3.93. The SMILES string of the molecule is CC(C)(C)C[C@H](Nc1ccccc1)C(=O)O. The van der Waals surface area contributed by atoms with Crippen molar-refractivity contribution in [3.8, 4) is 0 Å². The van der Waals surface area contributed by atoms with Gasteiger partial charge >= 0.3 is 5.97 Å². The highest BCUT2D eigenvalue weighted by Crippen LogP contribution is 2.23. The lowest BCUT2D eigenvalue weighted by molar-refractivity contribution is -0.138. The fourth-order valence-electron chi connectivity index (χ4n) is 1.55. The minimum absolute atomic E-state index is 0.00909. The quantitative estimate of drug-likeness (QED) is 0.821. The molecule has 0 spiro atoms. The number of carbonyl (C=O) groups is 1. The first-order chi connectivity index (χ1) is 7.38. The molecule has 0 aliphatic rings. The molecule has 1 aromatic rings. The molecule has 0 aromatic heterocycles. The lowest BCUT2D eigenvalue weighted by Crippen LogP contribution is -2.33. The van der Waals surface area contributed by atoms with Crippen molar-refractivity contribution in [3.63, 3.8) is 0 Å². The number of carboxylic acids is 1. The Bertz CT molecular complexity index is 341. The molecule has 0 saturated carbocycles. The molecule has 1 atom stereocenters. The number of nitrogens with one attached hydrogen (secondary N) is 1. The van der Waals surface area contributed by atoms with Gasteiger partial charge in [-0.2, -0.15) is 0 Å². The fourth-order valence-corrected chi connectivity index (χ4v) is 1.55. The third-order valence-electron chi connectivity index (χ3n) is 2.23. The predicted octanol–water partition coefficient (Wildman–Crippen LogP) is 2.99. The number of anilines is 1. The average Bonchev–Trinajstić information content (AvgIpc) is 2.16. The van der Waals surface area contributed by atoms with Crippen LogP contribution in [0.1, 0.15) is 27.2 Å². The van der Waals surface area contributed by atoms with E-state index in [1.54, 1.807) is 0 Å². The molecule has 3 heteroatoms. The van der Waals surface area contributed by atoms with Crippen molar-refractivity contribution >= 4 is 11.7 Å². The fraction of sp³-hybridized carbons (Fsp3) is 0.462. The van der Waals surface area contributed by atoms with E-state index in [1.807, 2.05) is 51.1 Å². The lowest BCUT2D eigenvalue weighted by Gasteiger charge is -2.24. The van der Waals surface area contributed by atoms with Crippen LogP contribution in [0.3, 0.4) is 0 Å². The van der Waals surface area contributed by atoms with Crippen LogP contribution in [0.5, 0.6) is 0 Å². The Morgan fingerprint density at radius 2 is 1.88 bits per heavy atom. The molecule has 0 aliphatic heterocycles. The van der Waals surface area contributed by atoms with Crippen LogP contribution in [-0.4, -0.2) is 17.1 Å². The zero-order valence-electron chi connectivity index (χ0n) is 10.0. The van der Waals surface area contributed by atoms with Gasteiger partial charge in [-0.15, -0.1) is 0 Å². The Labute approximate surface area is 96.5 Å². The van der Waals surface area contributed by atoms with Crippen LogP contribution in [0.15, 0.2) is 30.3 Å². The van der Waals surface area contributed by atoms with Crippen LogP contribution in [0.4, 0.5) is 5.69 Å². The summed E-state index contributed by atoms with van der Waals surface area (Å²) < 4.78 is 0. The van der Waals surface area contributed by atoms with E-state index in [4.69, 9.17) is 5.11 Å². The number of hydrogen-bond donors (Lipinski definition) is 2. The Balaban J connectivity index is 2.70. The van der Waals surface area contributed by atoms with E-state index in [1.165, 1.54) is 0 Å². The normalized spacial score (nSPS) is 13.2. The summed E-state index contributed by atoms with van der Waals surface area (Å²) in [5.41, 5.74) is 0.837. The molecule has 0 fully saturated rings. The smallest absolute Gasteiger partial charge is 0.326 e. The molecule has 0 amide bonds. The molecule has 0 radical (unpaired) electrons. The number of benzene rings is 1. The monoisotopic (exact) mass is 221 g/mol. The third kappa shape index (κ3) is 4.34. The van der Waals surface area contributed by atoms with Crippen LogP contribution in [-0.2, 0) is 4.79 Å². The highest BCUT2D eigenvalue weighted by atomic mass is 16.4. The Morgan fingerprint density at radius 1 is 1.31 bits per heavy atom. The number of hydrogen-bond acceptors (Lipinski definition) is 2. The van der Waals surface area contributed by atoms with E-state index in [2.05, 4.69) is 5.32 Å². The number of carboxylic acid groups (broad SMARTS) is 1. The molecule has 88 valence electrons. The predicted molar refractivity (Wildman–Crippen MR) is 65.6 cm³/mol. The summed E-state index contributed by atoms with van der Waals surface area (Å²) in [5, 5.41) is 12.2. The van der Waals surface area contributed by atoms with Gasteiger partial charge in [0.1, 0.15) is 6.04 Å². The molecule has 0 saturated heterocycles. The summed E-state index contributed by atoms with van der Waals surface area (Å²) in [4.78, 5) is 11.1. The number of para-hydroxylation sites is 1. The molecule has 1 rings (SSSR count). The minimum Gasteiger partial charge on any atom is -0.480 e. The maximum atomic E-state index is 11.1. The van der Waals surface area contributed by atoms with Crippen LogP contribution < -0.4 is 5.32 Å². The zero-order valence-corrected chi connectivity index (χ0v) is 10.0. The summed E-state index contributed by atoms with van der Waals surface area (Å²) in [6.45, 7) is 6.11. The third-order valence-corrected chi connectivity index (χ3v) is 2.23. The number of rotatable bonds is 4. The van der Waals surface area contributed by atoms with Crippen molar-refractivity contribution in [2.24, 2.45) is 5.41 Å². The van der Waals surface area contributed by atoms with Crippen molar-refractivity contribution in [2.45, 2.75) is 33.2 Å². The summed E-state index contributed by atoms with van der Waals surface area (Å²) in [5.74, 6) is -0.807. The summed E-state index contributed by atoms with van der Waals surface area (Å²) in [7, 11) is 0. The first-order valence-corrected chi connectivity index (χ1v) is 5.43. The second-order valence-corrected chi connectivity index (χ2v) is 5.17. The first kappa shape index (κ1) is 12.6. The molecule has 0 unspecified atom stereocenters. The maximum absolute atomic E-state index is 11.1. The van der Waals surface area contributed by atoms with Crippen LogP contribution >= 0.6 is 0 Å². The number of aliphatic carboxylic acids is 1. The molecule has 16 heavy (non-hydrogen) atoms. The van der Waals surface area contributed by atoms with Gasteiger partial charge in [-0.1, -0.05) is 39.0 Å². The topological polar surface area (TPSA) is 49.3 Å². The molecular formula is C13H19NO2. The van der Waals surface area contributed by atoms with Gasteiger partial charge in [-0.25, -0.2) is 4.79 Å². The molecule has 0 bridgehead atoms. The van der Waals surface area contributed by atoms with Gasteiger partial charge < -0.3 is 10.4 Å². The second kappa shape index (κ2) is 5.01.